The molecule has 74 valence electrons. The van der Waals surface area contributed by atoms with Crippen molar-refractivity contribution < 1.29 is 4.74 Å². The van der Waals surface area contributed by atoms with Crippen LogP contribution in [-0.2, 0) is 4.74 Å². The standard InChI is InChI=1S/C9H20ClNO/c1-11(8-9-12-2)7-5-3-4-6-10/h3-9H2,1-2H3. The maximum absolute atomic E-state index is 5.57. The lowest BCUT2D eigenvalue weighted by Crippen LogP contribution is -2.23. The predicted molar refractivity (Wildman–Crippen MR) is 53.9 cm³/mol. The fraction of sp³-hybridized carbons (Fsp3) is 1.00. The number of alkyl halides is 1. The highest BCUT2D eigenvalue weighted by Gasteiger charge is 1.96. The number of unbranched alkanes of at least 4 members (excludes halogenated alkanes) is 2. The molecule has 0 aromatic rings. The van der Waals surface area contributed by atoms with Crippen LogP contribution in [0.5, 0.6) is 0 Å². The Labute approximate surface area is 80.8 Å². The van der Waals surface area contributed by atoms with Gasteiger partial charge in [-0.3, -0.25) is 0 Å². The molecule has 0 unspecified atom stereocenters. The minimum absolute atomic E-state index is 0.793. The van der Waals surface area contributed by atoms with Crippen LogP contribution in [0.25, 0.3) is 0 Å². The molecule has 0 atom stereocenters. The normalized spacial score (nSPS) is 11.0. The number of rotatable bonds is 8. The third kappa shape index (κ3) is 8.31. The second-order valence-electron chi connectivity index (χ2n) is 3.05. The van der Waals surface area contributed by atoms with Crippen LogP contribution in [0.15, 0.2) is 0 Å². The molecular formula is C9H20ClNO. The zero-order valence-corrected chi connectivity index (χ0v) is 8.94. The molecule has 0 radical (unpaired) electrons. The number of hydrogen-bond donors (Lipinski definition) is 0. The van der Waals surface area contributed by atoms with Crippen molar-refractivity contribution in [3.8, 4) is 0 Å². The van der Waals surface area contributed by atoms with Crippen molar-refractivity contribution >= 4 is 11.6 Å². The first-order valence-corrected chi connectivity index (χ1v) is 5.08. The van der Waals surface area contributed by atoms with Crippen molar-refractivity contribution in [2.45, 2.75) is 19.3 Å². The summed E-state index contributed by atoms with van der Waals surface area (Å²) in [5.74, 6) is 0.793. The molecule has 0 saturated heterocycles. The number of hydrogen-bond acceptors (Lipinski definition) is 2. The Morgan fingerprint density at radius 1 is 1.17 bits per heavy atom. The van der Waals surface area contributed by atoms with Gasteiger partial charge >= 0.3 is 0 Å². The summed E-state index contributed by atoms with van der Waals surface area (Å²) in [7, 11) is 3.86. The van der Waals surface area contributed by atoms with E-state index in [9.17, 15) is 0 Å². The second kappa shape index (κ2) is 9.30. The van der Waals surface area contributed by atoms with Gasteiger partial charge in [-0.15, -0.1) is 11.6 Å². The van der Waals surface area contributed by atoms with E-state index in [1.807, 2.05) is 0 Å². The van der Waals surface area contributed by atoms with Crippen molar-refractivity contribution in [2.75, 3.05) is 39.7 Å². The van der Waals surface area contributed by atoms with Gasteiger partial charge in [0, 0.05) is 19.5 Å². The van der Waals surface area contributed by atoms with E-state index in [1.165, 1.54) is 12.8 Å². The van der Waals surface area contributed by atoms with Crippen molar-refractivity contribution in [1.82, 2.24) is 4.90 Å². The fourth-order valence-electron chi connectivity index (χ4n) is 1.01. The molecule has 0 aliphatic rings. The van der Waals surface area contributed by atoms with Gasteiger partial charge in [0.05, 0.1) is 6.61 Å². The van der Waals surface area contributed by atoms with E-state index in [1.54, 1.807) is 7.11 Å². The second-order valence-corrected chi connectivity index (χ2v) is 3.42. The van der Waals surface area contributed by atoms with E-state index in [-0.39, 0.29) is 0 Å². The predicted octanol–water partition coefficient (Wildman–Crippen LogP) is 1.97. The largest absolute Gasteiger partial charge is 0.383 e. The first-order chi connectivity index (χ1) is 5.81. The highest BCUT2D eigenvalue weighted by molar-refractivity contribution is 6.17. The molecule has 2 nitrogen and oxygen atoms in total. The molecule has 0 spiro atoms. The lowest BCUT2D eigenvalue weighted by molar-refractivity contribution is 0.160. The molecule has 0 saturated carbocycles. The molecule has 0 bridgehead atoms. The fourth-order valence-corrected chi connectivity index (χ4v) is 1.20. The van der Waals surface area contributed by atoms with E-state index < -0.39 is 0 Å². The highest BCUT2D eigenvalue weighted by atomic mass is 35.5. The Morgan fingerprint density at radius 3 is 2.50 bits per heavy atom. The summed E-state index contributed by atoms with van der Waals surface area (Å²) in [5.41, 5.74) is 0. The highest BCUT2D eigenvalue weighted by Crippen LogP contribution is 1.98. The van der Waals surface area contributed by atoms with Crippen LogP contribution in [0.2, 0.25) is 0 Å². The number of methoxy groups -OCH3 is 1. The SMILES string of the molecule is COCCN(C)CCCCCCl. The Kier molecular flexibility index (Phi) is 9.46. The Balaban J connectivity index is 3.02. The van der Waals surface area contributed by atoms with Crippen molar-refractivity contribution in [3.05, 3.63) is 0 Å². The molecular weight excluding hydrogens is 174 g/mol. The van der Waals surface area contributed by atoms with E-state index in [2.05, 4.69) is 11.9 Å². The van der Waals surface area contributed by atoms with Crippen molar-refractivity contribution in [1.29, 1.82) is 0 Å². The summed E-state index contributed by atoms with van der Waals surface area (Å²) in [5, 5.41) is 0. The lowest BCUT2D eigenvalue weighted by atomic mass is 10.2. The zero-order chi connectivity index (χ0) is 9.23. The maximum atomic E-state index is 5.57. The van der Waals surface area contributed by atoms with Crippen molar-refractivity contribution in [3.63, 3.8) is 0 Å². The first kappa shape index (κ1) is 12.2. The van der Waals surface area contributed by atoms with Gasteiger partial charge in [-0.25, -0.2) is 0 Å². The smallest absolute Gasteiger partial charge is 0.0589 e. The summed E-state index contributed by atoms with van der Waals surface area (Å²) in [4.78, 5) is 2.29. The van der Waals surface area contributed by atoms with Crippen LogP contribution in [0.1, 0.15) is 19.3 Å². The lowest BCUT2D eigenvalue weighted by Gasteiger charge is -2.15. The molecule has 12 heavy (non-hydrogen) atoms. The average Bonchev–Trinajstić information content (AvgIpc) is 2.09. The van der Waals surface area contributed by atoms with Gasteiger partial charge in [-0.05, 0) is 26.4 Å². The quantitative estimate of drug-likeness (QED) is 0.432. The summed E-state index contributed by atoms with van der Waals surface area (Å²) >= 11 is 5.57. The van der Waals surface area contributed by atoms with Crippen molar-refractivity contribution in [2.24, 2.45) is 0 Å². The Hall–Kier alpha value is 0.210. The molecule has 0 heterocycles. The first-order valence-electron chi connectivity index (χ1n) is 4.54. The minimum Gasteiger partial charge on any atom is -0.383 e. The third-order valence-corrected chi connectivity index (χ3v) is 2.12. The van der Waals surface area contributed by atoms with Crippen LogP contribution >= 0.6 is 11.6 Å². The summed E-state index contributed by atoms with van der Waals surface area (Å²) in [6.07, 6.45) is 3.62. The molecule has 0 aromatic carbocycles. The van der Waals surface area contributed by atoms with Crippen LogP contribution in [0.4, 0.5) is 0 Å². The number of nitrogens with zero attached hydrogens (tertiary/aromatic N) is 1. The van der Waals surface area contributed by atoms with Gasteiger partial charge in [0.25, 0.3) is 0 Å². The van der Waals surface area contributed by atoms with E-state index in [0.29, 0.717) is 0 Å². The van der Waals surface area contributed by atoms with Gasteiger partial charge in [0.15, 0.2) is 0 Å². The zero-order valence-electron chi connectivity index (χ0n) is 8.18. The molecule has 0 rings (SSSR count). The summed E-state index contributed by atoms with van der Waals surface area (Å²) in [6.45, 7) is 3.00. The Morgan fingerprint density at radius 2 is 1.92 bits per heavy atom. The molecule has 0 aromatic heterocycles. The van der Waals surface area contributed by atoms with Gasteiger partial charge in [0.1, 0.15) is 0 Å². The maximum Gasteiger partial charge on any atom is 0.0589 e. The molecule has 0 fully saturated rings. The number of ether oxygens (including phenoxy) is 1. The van der Waals surface area contributed by atoms with Crippen LogP contribution in [0.3, 0.4) is 0 Å². The van der Waals surface area contributed by atoms with Crippen LogP contribution in [0, 0.1) is 0 Å². The van der Waals surface area contributed by atoms with Gasteiger partial charge in [0.2, 0.25) is 0 Å². The van der Waals surface area contributed by atoms with Gasteiger partial charge in [-0.2, -0.15) is 0 Å². The van der Waals surface area contributed by atoms with E-state index in [4.69, 9.17) is 16.3 Å². The molecule has 0 N–H and O–H groups in total. The monoisotopic (exact) mass is 193 g/mol. The topological polar surface area (TPSA) is 12.5 Å². The number of likely N-dealkylation sites (N-methyl/N-ethyl adjacent to an activating group) is 1. The molecule has 0 aliphatic heterocycles. The van der Waals surface area contributed by atoms with Crippen LogP contribution in [-0.4, -0.2) is 44.6 Å². The average molecular weight is 194 g/mol. The van der Waals surface area contributed by atoms with E-state index in [0.717, 1.165) is 32.0 Å². The third-order valence-electron chi connectivity index (χ3n) is 1.85. The molecule has 3 heteroatoms. The van der Waals surface area contributed by atoms with E-state index >= 15 is 0 Å². The summed E-state index contributed by atoms with van der Waals surface area (Å²) < 4.78 is 4.98. The molecule has 0 amide bonds. The number of halogens is 1. The van der Waals surface area contributed by atoms with Crippen LogP contribution < -0.4 is 0 Å². The minimum atomic E-state index is 0.793. The summed E-state index contributed by atoms with van der Waals surface area (Å²) in [6, 6.07) is 0. The Bertz CT molecular complexity index is 90.6. The van der Waals surface area contributed by atoms with Gasteiger partial charge in [-0.1, -0.05) is 6.42 Å². The van der Waals surface area contributed by atoms with Gasteiger partial charge < -0.3 is 9.64 Å². The molecule has 0 aliphatic carbocycles.